The summed E-state index contributed by atoms with van der Waals surface area (Å²) < 4.78 is 22.2. The van der Waals surface area contributed by atoms with E-state index in [0.717, 1.165) is 25.7 Å². The molecule has 0 rings (SSSR count). The van der Waals surface area contributed by atoms with Crippen LogP contribution in [0.1, 0.15) is 142 Å². The third kappa shape index (κ3) is 28.4. The van der Waals surface area contributed by atoms with Crippen LogP contribution in [0.15, 0.2) is 0 Å². The molecule has 0 aromatic carbocycles. The van der Waals surface area contributed by atoms with Crippen LogP contribution in [0.3, 0.4) is 0 Å². The van der Waals surface area contributed by atoms with Crippen molar-refractivity contribution in [3.05, 3.63) is 0 Å². The number of ether oxygens (including phenoxy) is 2. The fourth-order valence-electron chi connectivity index (χ4n) is 4.60. The molecule has 39 heavy (non-hydrogen) atoms. The van der Waals surface area contributed by atoms with Crippen molar-refractivity contribution in [3.8, 4) is 0 Å². The summed E-state index contributed by atoms with van der Waals surface area (Å²) in [5.41, 5.74) is -0.852. The van der Waals surface area contributed by atoms with E-state index in [2.05, 4.69) is 13.8 Å². The maximum Gasteiger partial charge on any atom is 0.327 e. The maximum atomic E-state index is 9.32. The van der Waals surface area contributed by atoms with Crippen LogP contribution in [0, 0.1) is 5.41 Å². The molecule has 0 fully saturated rings. The number of hydrogen-bond donors (Lipinski definition) is 4. The molecule has 10 heteroatoms. The normalized spacial score (nSPS) is 12.3. The minimum atomic E-state index is -2.55. The molecule has 0 aliphatic rings. The molecule has 0 saturated carbocycles. The summed E-state index contributed by atoms with van der Waals surface area (Å²) in [5, 5.41) is 0. The molecule has 0 aliphatic heterocycles. The molecule has 0 aromatic rings. The van der Waals surface area contributed by atoms with Crippen molar-refractivity contribution in [1.29, 1.82) is 0 Å². The summed E-state index contributed by atoms with van der Waals surface area (Å²) in [7, 11) is -5.10. The largest absolute Gasteiger partial charge is 0.381 e. The van der Waals surface area contributed by atoms with Crippen LogP contribution in [0.4, 0.5) is 0 Å². The van der Waals surface area contributed by atoms with Gasteiger partial charge in [0, 0.05) is 13.2 Å². The van der Waals surface area contributed by atoms with Gasteiger partial charge in [0.2, 0.25) is 0 Å². The summed E-state index contributed by atoms with van der Waals surface area (Å²) in [5.74, 6) is 0. The lowest BCUT2D eigenvalue weighted by atomic mass is 9.92. The fraction of sp³-hybridized carbons (Fsp3) is 1.00. The van der Waals surface area contributed by atoms with Crippen molar-refractivity contribution < 1.29 is 38.1 Å². The Kier molecular flexibility index (Phi) is 30.4. The first-order valence-corrected chi connectivity index (χ1v) is 18.1. The molecule has 0 radical (unpaired) electrons. The van der Waals surface area contributed by atoms with Gasteiger partial charge in [0.25, 0.3) is 0 Å². The first kappa shape index (κ1) is 39.5. The lowest BCUT2D eigenvalue weighted by Crippen LogP contribution is -2.41. The zero-order valence-corrected chi connectivity index (χ0v) is 27.0. The second-order valence-electron chi connectivity index (χ2n) is 11.0. The second kappa shape index (κ2) is 30.0. The topological polar surface area (TPSA) is 118 Å². The number of rotatable bonds is 32. The van der Waals surface area contributed by atoms with Gasteiger partial charge in [-0.15, -0.1) is 0 Å². The molecule has 0 unspecified atom stereocenters. The van der Waals surface area contributed by atoms with Crippen LogP contribution in [0.25, 0.3) is 0 Å². The molecule has 8 nitrogen and oxygen atoms in total. The summed E-state index contributed by atoms with van der Waals surface area (Å²) in [6, 6.07) is 0. The first-order valence-electron chi connectivity index (χ1n) is 15.7. The highest BCUT2D eigenvalue weighted by molar-refractivity contribution is 7.39. The standard InChI is InChI=1S/C29H62O8P2/c1-3-5-7-9-11-13-15-17-19-21-23-34-25-29(27-36-38(30)31,28-37-39(32)33)26-35-24-22-20-18-16-14-12-10-8-6-4-2/h30-33H,3-28H2,1-2H3. The summed E-state index contributed by atoms with van der Waals surface area (Å²) in [4.78, 5) is 37.3. The van der Waals surface area contributed by atoms with Crippen LogP contribution < -0.4 is 0 Å². The Balaban J connectivity index is 4.30. The molecule has 4 N–H and O–H groups in total. The van der Waals surface area contributed by atoms with Gasteiger partial charge in [-0.25, -0.2) is 0 Å². The van der Waals surface area contributed by atoms with Crippen LogP contribution in [0.2, 0.25) is 0 Å². The van der Waals surface area contributed by atoms with E-state index < -0.39 is 22.6 Å². The fourth-order valence-corrected chi connectivity index (χ4v) is 5.38. The predicted octanol–water partition coefficient (Wildman–Crippen LogP) is 8.30. The molecular weight excluding hydrogens is 538 g/mol. The van der Waals surface area contributed by atoms with Gasteiger partial charge in [-0.2, -0.15) is 0 Å². The maximum absolute atomic E-state index is 9.32. The van der Waals surface area contributed by atoms with E-state index in [1.807, 2.05) is 0 Å². The molecule has 0 bridgehead atoms. The lowest BCUT2D eigenvalue weighted by molar-refractivity contribution is -0.0703. The van der Waals surface area contributed by atoms with Crippen LogP contribution >= 0.6 is 17.2 Å². The number of hydrogen-bond acceptors (Lipinski definition) is 8. The predicted molar refractivity (Wildman–Crippen MR) is 162 cm³/mol. The van der Waals surface area contributed by atoms with Crippen LogP contribution in [0.5, 0.6) is 0 Å². The van der Waals surface area contributed by atoms with E-state index in [-0.39, 0.29) is 26.4 Å². The van der Waals surface area contributed by atoms with Gasteiger partial charge in [0.05, 0.1) is 31.8 Å². The smallest absolute Gasteiger partial charge is 0.327 e. The molecule has 0 atom stereocenters. The molecule has 0 aliphatic carbocycles. The van der Waals surface area contributed by atoms with Crippen LogP contribution in [-0.2, 0) is 18.5 Å². The van der Waals surface area contributed by atoms with Gasteiger partial charge in [0.15, 0.2) is 0 Å². The van der Waals surface area contributed by atoms with Crippen molar-refractivity contribution in [1.82, 2.24) is 0 Å². The quantitative estimate of drug-likeness (QED) is 0.0450. The third-order valence-electron chi connectivity index (χ3n) is 7.07. The molecule has 236 valence electrons. The average Bonchev–Trinajstić information content (AvgIpc) is 2.91. The Morgan fingerprint density at radius 2 is 0.692 bits per heavy atom. The molecular formula is C29H62O8P2. The van der Waals surface area contributed by atoms with Crippen molar-refractivity contribution in [2.24, 2.45) is 5.41 Å². The Labute approximate surface area is 242 Å². The van der Waals surface area contributed by atoms with Crippen molar-refractivity contribution in [2.45, 2.75) is 142 Å². The van der Waals surface area contributed by atoms with Gasteiger partial charge in [-0.1, -0.05) is 129 Å². The Morgan fingerprint density at radius 3 is 0.974 bits per heavy atom. The molecule has 0 heterocycles. The highest BCUT2D eigenvalue weighted by atomic mass is 31.2. The highest BCUT2D eigenvalue weighted by Crippen LogP contribution is 2.34. The van der Waals surface area contributed by atoms with E-state index in [4.69, 9.17) is 18.5 Å². The van der Waals surface area contributed by atoms with E-state index in [1.165, 1.54) is 103 Å². The Bertz CT molecular complexity index is 444. The zero-order valence-electron chi connectivity index (χ0n) is 25.2. The summed E-state index contributed by atoms with van der Waals surface area (Å²) >= 11 is 0. The Hall–Kier alpha value is 0.540. The minimum Gasteiger partial charge on any atom is -0.381 e. The molecule has 0 saturated heterocycles. The van der Waals surface area contributed by atoms with Crippen molar-refractivity contribution >= 4 is 17.2 Å². The first-order chi connectivity index (χ1) is 19.0. The van der Waals surface area contributed by atoms with Gasteiger partial charge in [0.1, 0.15) is 0 Å². The van der Waals surface area contributed by atoms with E-state index in [9.17, 15) is 19.6 Å². The molecule has 0 spiro atoms. The monoisotopic (exact) mass is 600 g/mol. The van der Waals surface area contributed by atoms with Gasteiger partial charge >= 0.3 is 17.2 Å². The lowest BCUT2D eigenvalue weighted by Gasteiger charge is -2.32. The molecule has 0 aromatic heterocycles. The third-order valence-corrected chi connectivity index (χ3v) is 7.79. The summed E-state index contributed by atoms with van der Waals surface area (Å²) in [6.45, 7) is 5.95. The molecule has 0 amide bonds. The SMILES string of the molecule is CCCCCCCCCCCCOCC(COCCCCCCCCCCCC)(COP(O)O)COP(O)O. The van der Waals surface area contributed by atoms with Crippen LogP contribution in [-0.4, -0.2) is 59.2 Å². The minimum absolute atomic E-state index is 0.0645. The van der Waals surface area contributed by atoms with Crippen molar-refractivity contribution in [2.75, 3.05) is 39.6 Å². The Morgan fingerprint density at radius 1 is 0.410 bits per heavy atom. The van der Waals surface area contributed by atoms with E-state index >= 15 is 0 Å². The van der Waals surface area contributed by atoms with Gasteiger partial charge in [-0.05, 0) is 12.8 Å². The zero-order chi connectivity index (χ0) is 28.9. The highest BCUT2D eigenvalue weighted by Gasteiger charge is 2.34. The second-order valence-corrected chi connectivity index (χ2v) is 12.5. The van der Waals surface area contributed by atoms with Gasteiger partial charge < -0.3 is 38.1 Å². The summed E-state index contributed by atoms with van der Waals surface area (Å²) in [6.07, 6.45) is 25.0. The van der Waals surface area contributed by atoms with Crippen molar-refractivity contribution in [3.63, 3.8) is 0 Å². The van der Waals surface area contributed by atoms with Gasteiger partial charge in [-0.3, -0.25) is 0 Å². The number of unbranched alkanes of at least 4 members (excludes halogenated alkanes) is 18. The average molecular weight is 601 g/mol. The van der Waals surface area contributed by atoms with E-state index in [0.29, 0.717) is 13.2 Å². The van der Waals surface area contributed by atoms with E-state index in [1.54, 1.807) is 0 Å².